The lowest BCUT2D eigenvalue weighted by molar-refractivity contribution is 0.177. The number of rotatable bonds is 4. The highest BCUT2D eigenvalue weighted by molar-refractivity contribution is 4.76. The van der Waals surface area contributed by atoms with Crippen LogP contribution in [0.5, 0.6) is 0 Å². The van der Waals surface area contributed by atoms with Crippen LogP contribution in [-0.2, 0) is 0 Å². The Hall–Kier alpha value is -0.120. The van der Waals surface area contributed by atoms with E-state index in [2.05, 4.69) is 43.2 Å². The van der Waals surface area contributed by atoms with Crippen LogP contribution in [0.4, 0.5) is 0 Å². The molecule has 3 nitrogen and oxygen atoms in total. The molecule has 0 aliphatic carbocycles. The number of hydrogen-bond acceptors (Lipinski definition) is 3. The molecule has 1 aliphatic rings. The van der Waals surface area contributed by atoms with Gasteiger partial charge in [0.1, 0.15) is 0 Å². The van der Waals surface area contributed by atoms with E-state index in [1.54, 1.807) is 0 Å². The van der Waals surface area contributed by atoms with Crippen LogP contribution in [0.15, 0.2) is 0 Å². The van der Waals surface area contributed by atoms with Crippen LogP contribution < -0.4 is 10.6 Å². The molecule has 1 saturated heterocycles. The summed E-state index contributed by atoms with van der Waals surface area (Å²) < 4.78 is 0. The maximum atomic E-state index is 3.56. The van der Waals surface area contributed by atoms with Crippen LogP contribution in [-0.4, -0.2) is 50.2 Å². The fraction of sp³-hybridized carbons (Fsp3) is 1.00. The van der Waals surface area contributed by atoms with Gasteiger partial charge in [0.05, 0.1) is 0 Å². The minimum atomic E-state index is 0.392. The summed E-state index contributed by atoms with van der Waals surface area (Å²) in [4.78, 5) is 2.56. The normalized spacial score (nSPS) is 21.6. The summed E-state index contributed by atoms with van der Waals surface area (Å²) in [6, 6.07) is 0.662. The van der Waals surface area contributed by atoms with E-state index in [-0.39, 0.29) is 0 Å². The largest absolute Gasteiger partial charge is 0.315 e. The molecule has 90 valence electrons. The molecule has 15 heavy (non-hydrogen) atoms. The van der Waals surface area contributed by atoms with Gasteiger partial charge < -0.3 is 10.6 Å². The van der Waals surface area contributed by atoms with Gasteiger partial charge in [-0.05, 0) is 12.3 Å². The second-order valence-corrected chi connectivity index (χ2v) is 5.83. The Morgan fingerprint density at radius 2 is 1.87 bits per heavy atom. The van der Waals surface area contributed by atoms with E-state index in [0.29, 0.717) is 11.5 Å². The Bertz CT molecular complexity index is 168. The van der Waals surface area contributed by atoms with Crippen molar-refractivity contribution in [2.75, 3.05) is 39.3 Å². The second-order valence-electron chi connectivity index (χ2n) is 5.83. The molecule has 1 fully saturated rings. The molecule has 0 aromatic carbocycles. The van der Waals surface area contributed by atoms with E-state index in [4.69, 9.17) is 0 Å². The van der Waals surface area contributed by atoms with Crippen LogP contribution in [0.1, 0.15) is 27.7 Å². The first-order valence-corrected chi connectivity index (χ1v) is 6.14. The highest BCUT2D eigenvalue weighted by Gasteiger charge is 2.16. The number of hydrogen-bond donors (Lipinski definition) is 2. The predicted molar refractivity (Wildman–Crippen MR) is 66.2 cm³/mol. The van der Waals surface area contributed by atoms with Crippen molar-refractivity contribution in [2.45, 2.75) is 33.7 Å². The Morgan fingerprint density at radius 3 is 2.40 bits per heavy atom. The Balaban J connectivity index is 2.14. The number of nitrogens with one attached hydrogen (secondary N) is 2. The van der Waals surface area contributed by atoms with E-state index in [9.17, 15) is 0 Å². The Labute approximate surface area is 94.6 Å². The van der Waals surface area contributed by atoms with Crippen molar-refractivity contribution in [1.29, 1.82) is 0 Å². The Morgan fingerprint density at radius 1 is 1.27 bits per heavy atom. The molecule has 0 aromatic heterocycles. The first-order valence-electron chi connectivity index (χ1n) is 6.14. The maximum absolute atomic E-state index is 3.56. The number of piperazine rings is 1. The van der Waals surface area contributed by atoms with Crippen molar-refractivity contribution in [3.05, 3.63) is 0 Å². The standard InChI is InChI=1S/C12H27N3/c1-11(9-14-10-12(2,3)4)15-7-5-13-6-8-15/h11,13-14H,5-10H2,1-4H3. The lowest BCUT2D eigenvalue weighted by Gasteiger charge is -2.33. The molecule has 0 bridgehead atoms. The summed E-state index contributed by atoms with van der Waals surface area (Å²) in [7, 11) is 0. The van der Waals surface area contributed by atoms with Crippen molar-refractivity contribution >= 4 is 0 Å². The van der Waals surface area contributed by atoms with Gasteiger partial charge in [0, 0.05) is 45.3 Å². The van der Waals surface area contributed by atoms with Gasteiger partial charge in [-0.25, -0.2) is 0 Å². The van der Waals surface area contributed by atoms with Gasteiger partial charge in [0.15, 0.2) is 0 Å². The summed E-state index contributed by atoms with van der Waals surface area (Å²) in [6.45, 7) is 16.0. The molecule has 1 rings (SSSR count). The van der Waals surface area contributed by atoms with Crippen LogP contribution in [0.25, 0.3) is 0 Å². The lowest BCUT2D eigenvalue weighted by Crippen LogP contribution is -2.50. The van der Waals surface area contributed by atoms with Crippen LogP contribution in [0.3, 0.4) is 0 Å². The van der Waals surface area contributed by atoms with Gasteiger partial charge in [0.2, 0.25) is 0 Å². The van der Waals surface area contributed by atoms with Gasteiger partial charge in [-0.1, -0.05) is 20.8 Å². The first-order chi connectivity index (χ1) is 6.99. The monoisotopic (exact) mass is 213 g/mol. The zero-order valence-corrected chi connectivity index (χ0v) is 10.8. The van der Waals surface area contributed by atoms with E-state index < -0.39 is 0 Å². The first kappa shape index (κ1) is 12.9. The van der Waals surface area contributed by atoms with Gasteiger partial charge in [-0.15, -0.1) is 0 Å². The summed E-state index contributed by atoms with van der Waals surface area (Å²) in [5, 5.41) is 6.95. The summed E-state index contributed by atoms with van der Waals surface area (Å²) in [6.07, 6.45) is 0. The summed E-state index contributed by atoms with van der Waals surface area (Å²) >= 11 is 0. The zero-order valence-electron chi connectivity index (χ0n) is 10.8. The van der Waals surface area contributed by atoms with Gasteiger partial charge in [0.25, 0.3) is 0 Å². The van der Waals surface area contributed by atoms with Crippen molar-refractivity contribution in [2.24, 2.45) is 5.41 Å². The molecule has 3 heteroatoms. The zero-order chi connectivity index (χ0) is 11.3. The van der Waals surface area contributed by atoms with Crippen LogP contribution in [0.2, 0.25) is 0 Å². The molecule has 0 aromatic rings. The quantitative estimate of drug-likeness (QED) is 0.727. The molecule has 0 saturated carbocycles. The third kappa shape index (κ3) is 5.50. The molecular weight excluding hydrogens is 186 g/mol. The number of nitrogens with zero attached hydrogens (tertiary/aromatic N) is 1. The molecule has 0 radical (unpaired) electrons. The van der Waals surface area contributed by atoms with Crippen molar-refractivity contribution in [1.82, 2.24) is 15.5 Å². The van der Waals surface area contributed by atoms with E-state index in [1.807, 2.05) is 0 Å². The lowest BCUT2D eigenvalue weighted by atomic mass is 9.97. The van der Waals surface area contributed by atoms with Gasteiger partial charge in [-0.3, -0.25) is 4.90 Å². The average molecular weight is 213 g/mol. The van der Waals surface area contributed by atoms with Crippen molar-refractivity contribution in [3.8, 4) is 0 Å². The third-order valence-corrected chi connectivity index (χ3v) is 2.87. The highest BCUT2D eigenvalue weighted by atomic mass is 15.2. The summed E-state index contributed by atoms with van der Waals surface area (Å²) in [5.41, 5.74) is 0.392. The molecule has 1 heterocycles. The van der Waals surface area contributed by atoms with E-state index >= 15 is 0 Å². The fourth-order valence-corrected chi connectivity index (χ4v) is 1.91. The minimum Gasteiger partial charge on any atom is -0.315 e. The molecule has 1 aliphatic heterocycles. The van der Waals surface area contributed by atoms with Gasteiger partial charge >= 0.3 is 0 Å². The summed E-state index contributed by atoms with van der Waals surface area (Å²) in [5.74, 6) is 0. The third-order valence-electron chi connectivity index (χ3n) is 2.87. The molecule has 1 atom stereocenters. The fourth-order valence-electron chi connectivity index (χ4n) is 1.91. The van der Waals surface area contributed by atoms with Crippen molar-refractivity contribution in [3.63, 3.8) is 0 Å². The Kier molecular flexibility index (Phi) is 5.03. The average Bonchev–Trinajstić information content (AvgIpc) is 2.17. The van der Waals surface area contributed by atoms with Crippen LogP contribution in [0, 0.1) is 5.41 Å². The smallest absolute Gasteiger partial charge is 0.0193 e. The maximum Gasteiger partial charge on any atom is 0.0193 e. The predicted octanol–water partition coefficient (Wildman–Crippen LogP) is 0.916. The molecule has 2 N–H and O–H groups in total. The van der Waals surface area contributed by atoms with Crippen molar-refractivity contribution < 1.29 is 0 Å². The highest BCUT2D eigenvalue weighted by Crippen LogP contribution is 2.10. The topological polar surface area (TPSA) is 27.3 Å². The van der Waals surface area contributed by atoms with E-state index in [0.717, 1.165) is 26.2 Å². The SMILES string of the molecule is CC(CNCC(C)(C)C)N1CCNCC1. The van der Waals surface area contributed by atoms with E-state index in [1.165, 1.54) is 13.1 Å². The molecule has 0 spiro atoms. The molecule has 1 unspecified atom stereocenters. The van der Waals surface area contributed by atoms with Crippen LogP contribution >= 0.6 is 0 Å². The second kappa shape index (κ2) is 5.83. The minimum absolute atomic E-state index is 0.392. The molecular formula is C12H27N3. The van der Waals surface area contributed by atoms with Gasteiger partial charge in [-0.2, -0.15) is 0 Å². The molecule has 0 amide bonds.